The van der Waals surface area contributed by atoms with Crippen molar-refractivity contribution in [3.05, 3.63) is 84.6 Å². The fourth-order valence-corrected chi connectivity index (χ4v) is 5.14. The molecule has 1 atom stereocenters. The van der Waals surface area contributed by atoms with Gasteiger partial charge in [-0.3, -0.25) is 9.48 Å². The van der Waals surface area contributed by atoms with Crippen molar-refractivity contribution in [2.45, 2.75) is 25.4 Å². The van der Waals surface area contributed by atoms with Crippen LogP contribution in [0.25, 0.3) is 21.8 Å². The Morgan fingerprint density at radius 2 is 2.03 bits per heavy atom. The van der Waals surface area contributed by atoms with Gasteiger partial charge in [0.2, 0.25) is 5.91 Å². The summed E-state index contributed by atoms with van der Waals surface area (Å²) in [6, 6.07) is 18.0. The Kier molecular flexibility index (Phi) is 6.76. The normalized spacial score (nSPS) is 15.2. The topological polar surface area (TPSA) is 105 Å². The number of aliphatic hydroxyl groups is 1. The summed E-state index contributed by atoms with van der Waals surface area (Å²) in [7, 11) is 0. The van der Waals surface area contributed by atoms with E-state index in [1.165, 1.54) is 18.5 Å². The van der Waals surface area contributed by atoms with E-state index in [-0.39, 0.29) is 17.8 Å². The van der Waals surface area contributed by atoms with Gasteiger partial charge in [-0.15, -0.1) is 0 Å². The van der Waals surface area contributed by atoms with Gasteiger partial charge in [-0.05, 0) is 60.9 Å². The Balaban J connectivity index is 1.24. The molecule has 10 heteroatoms. The lowest BCUT2D eigenvalue weighted by molar-refractivity contribution is -0.135. The van der Waals surface area contributed by atoms with E-state index in [2.05, 4.69) is 20.4 Å². The molecule has 3 aromatic carbocycles. The highest BCUT2D eigenvalue weighted by Crippen LogP contribution is 2.33. The van der Waals surface area contributed by atoms with Crippen LogP contribution in [0.2, 0.25) is 0 Å². The molecule has 9 nitrogen and oxygen atoms in total. The zero-order valence-electron chi connectivity index (χ0n) is 21.1. The van der Waals surface area contributed by atoms with Crippen LogP contribution in [0.5, 0.6) is 5.75 Å². The van der Waals surface area contributed by atoms with Crippen LogP contribution < -0.4 is 10.1 Å². The maximum Gasteiger partial charge on any atom is 0.248 e. The summed E-state index contributed by atoms with van der Waals surface area (Å²) in [4.78, 5) is 22.7. The van der Waals surface area contributed by atoms with Crippen LogP contribution in [-0.2, 0) is 11.3 Å². The molecule has 1 unspecified atom stereocenters. The Morgan fingerprint density at radius 1 is 1.13 bits per heavy atom. The van der Waals surface area contributed by atoms with E-state index in [0.717, 1.165) is 45.9 Å². The summed E-state index contributed by atoms with van der Waals surface area (Å²) in [6.45, 7) is 0.907. The first kappa shape index (κ1) is 24.7. The molecule has 39 heavy (non-hydrogen) atoms. The molecule has 2 aromatic heterocycles. The highest BCUT2D eigenvalue weighted by molar-refractivity contribution is 5.96. The van der Waals surface area contributed by atoms with E-state index < -0.39 is 6.61 Å². The van der Waals surface area contributed by atoms with Crippen LogP contribution in [-0.4, -0.2) is 61.5 Å². The van der Waals surface area contributed by atoms with Crippen molar-refractivity contribution in [2.75, 3.05) is 25.1 Å². The van der Waals surface area contributed by atoms with Gasteiger partial charge in [-0.1, -0.05) is 18.2 Å². The summed E-state index contributed by atoms with van der Waals surface area (Å²) >= 11 is 0. The van der Waals surface area contributed by atoms with Gasteiger partial charge in [0.1, 0.15) is 36.9 Å². The molecule has 5 aromatic rings. The molecule has 0 radical (unpaired) electrons. The molecular formula is C29H27FN6O3. The number of rotatable bonds is 8. The number of halogens is 1. The number of carbonyl (C=O) groups is 1. The molecule has 1 fully saturated rings. The van der Waals surface area contributed by atoms with E-state index in [0.29, 0.717) is 31.3 Å². The van der Waals surface area contributed by atoms with E-state index in [1.54, 1.807) is 17.2 Å². The molecule has 3 heterocycles. The number of aliphatic hydroxyl groups excluding tert-OH is 1. The average Bonchev–Trinajstić information content (AvgIpc) is 3.58. The van der Waals surface area contributed by atoms with E-state index in [4.69, 9.17) is 4.74 Å². The molecule has 0 bridgehead atoms. The largest absolute Gasteiger partial charge is 0.491 e. The van der Waals surface area contributed by atoms with Crippen LogP contribution in [0, 0.1) is 5.82 Å². The van der Waals surface area contributed by atoms with Crippen molar-refractivity contribution in [1.82, 2.24) is 24.6 Å². The van der Waals surface area contributed by atoms with Crippen molar-refractivity contribution < 1.29 is 19.0 Å². The van der Waals surface area contributed by atoms with Gasteiger partial charge < -0.3 is 20.1 Å². The number of anilines is 2. The van der Waals surface area contributed by atoms with Gasteiger partial charge in [0.15, 0.2) is 0 Å². The second-order valence-electron chi connectivity index (χ2n) is 9.56. The smallest absolute Gasteiger partial charge is 0.248 e. The zero-order valence-corrected chi connectivity index (χ0v) is 21.1. The Bertz CT molecular complexity index is 1650. The molecule has 2 N–H and O–H groups in total. The Hall–Kier alpha value is -4.57. The van der Waals surface area contributed by atoms with Gasteiger partial charge in [0.25, 0.3) is 0 Å². The van der Waals surface area contributed by atoms with Crippen molar-refractivity contribution in [2.24, 2.45) is 0 Å². The van der Waals surface area contributed by atoms with Gasteiger partial charge in [-0.2, -0.15) is 5.10 Å². The SMILES string of the molecule is O=C(CO)N1CCCC1COc1cccc2ncnc(Nc3ccc4c(cnn4Cc4cccc(F)c4)c3)c12. The summed E-state index contributed by atoms with van der Waals surface area (Å²) in [5.41, 5.74) is 3.31. The minimum atomic E-state index is -0.499. The van der Waals surface area contributed by atoms with Gasteiger partial charge in [0.05, 0.1) is 35.2 Å². The lowest BCUT2D eigenvalue weighted by atomic mass is 10.2. The Labute approximate surface area is 223 Å². The molecule has 0 saturated carbocycles. The molecule has 0 spiro atoms. The van der Waals surface area contributed by atoms with E-state index >= 15 is 0 Å². The molecule has 1 aliphatic heterocycles. The van der Waals surface area contributed by atoms with Crippen LogP contribution in [0.1, 0.15) is 18.4 Å². The van der Waals surface area contributed by atoms with Gasteiger partial charge >= 0.3 is 0 Å². The predicted molar refractivity (Wildman–Crippen MR) is 145 cm³/mol. The second kappa shape index (κ2) is 10.7. The molecule has 1 saturated heterocycles. The predicted octanol–water partition coefficient (Wildman–Crippen LogP) is 4.27. The number of hydrogen-bond acceptors (Lipinski definition) is 7. The monoisotopic (exact) mass is 526 g/mol. The average molecular weight is 527 g/mol. The molecule has 1 amide bonds. The lowest BCUT2D eigenvalue weighted by Gasteiger charge is -2.24. The highest BCUT2D eigenvalue weighted by Gasteiger charge is 2.29. The van der Waals surface area contributed by atoms with Crippen molar-refractivity contribution in [3.63, 3.8) is 0 Å². The zero-order chi connectivity index (χ0) is 26.8. The van der Waals surface area contributed by atoms with Crippen LogP contribution in [0.4, 0.5) is 15.9 Å². The van der Waals surface area contributed by atoms with E-state index in [1.807, 2.05) is 47.1 Å². The first-order valence-electron chi connectivity index (χ1n) is 12.8. The van der Waals surface area contributed by atoms with E-state index in [9.17, 15) is 14.3 Å². The number of ether oxygens (including phenoxy) is 1. The standard InChI is InChI=1S/C29H27FN6O3/c30-21-5-1-4-19(12-21)15-36-25-10-9-22(13-20(25)14-33-36)34-29-28-24(31-18-32-29)7-2-8-26(28)39-17-23-6-3-11-35(23)27(38)16-37/h1-2,4-5,7-10,12-14,18,23,37H,3,6,11,15-17H2,(H,31,32,34). The minimum Gasteiger partial charge on any atom is -0.491 e. The number of nitrogens with one attached hydrogen (secondary N) is 1. The number of nitrogens with zero attached hydrogens (tertiary/aromatic N) is 5. The number of carbonyl (C=O) groups excluding carboxylic acids is 1. The molecule has 0 aliphatic carbocycles. The quantitative estimate of drug-likeness (QED) is 0.311. The third kappa shape index (κ3) is 5.10. The molecule has 198 valence electrons. The number of aromatic nitrogens is 4. The summed E-state index contributed by atoms with van der Waals surface area (Å²) in [6.07, 6.45) is 4.99. The molecule has 1 aliphatic rings. The molecule has 6 rings (SSSR count). The molecular weight excluding hydrogens is 499 g/mol. The van der Waals surface area contributed by atoms with Gasteiger partial charge in [0, 0.05) is 17.6 Å². The number of amides is 1. The summed E-state index contributed by atoms with van der Waals surface area (Å²) in [5, 5.41) is 18.8. The number of fused-ring (bicyclic) bond motifs is 2. The van der Waals surface area contributed by atoms with Crippen molar-refractivity contribution >= 4 is 39.2 Å². The Morgan fingerprint density at radius 3 is 2.90 bits per heavy atom. The minimum absolute atomic E-state index is 0.0905. The lowest BCUT2D eigenvalue weighted by Crippen LogP contribution is -2.40. The first-order chi connectivity index (χ1) is 19.1. The highest BCUT2D eigenvalue weighted by atomic mass is 19.1. The first-order valence-corrected chi connectivity index (χ1v) is 12.8. The second-order valence-corrected chi connectivity index (χ2v) is 9.56. The third-order valence-corrected chi connectivity index (χ3v) is 7.01. The fraction of sp³-hybridized carbons (Fsp3) is 0.241. The van der Waals surface area contributed by atoms with Crippen molar-refractivity contribution in [3.8, 4) is 5.75 Å². The number of likely N-dealkylation sites (tertiary alicyclic amines) is 1. The number of hydrogen-bond donors (Lipinski definition) is 2. The van der Waals surface area contributed by atoms with Crippen LogP contribution in [0.15, 0.2) is 73.2 Å². The number of benzene rings is 3. The maximum absolute atomic E-state index is 13.6. The maximum atomic E-state index is 13.6. The van der Waals surface area contributed by atoms with Crippen LogP contribution >= 0.6 is 0 Å². The van der Waals surface area contributed by atoms with Crippen LogP contribution in [0.3, 0.4) is 0 Å². The summed E-state index contributed by atoms with van der Waals surface area (Å²) < 4.78 is 21.7. The summed E-state index contributed by atoms with van der Waals surface area (Å²) in [5.74, 6) is 0.661. The third-order valence-electron chi connectivity index (χ3n) is 7.01. The van der Waals surface area contributed by atoms with Crippen molar-refractivity contribution in [1.29, 1.82) is 0 Å². The fourth-order valence-electron chi connectivity index (χ4n) is 5.14. The van der Waals surface area contributed by atoms with Gasteiger partial charge in [-0.25, -0.2) is 14.4 Å².